The molecule has 2 rings (SSSR count). The van der Waals surface area contributed by atoms with Crippen molar-refractivity contribution < 1.29 is 9.47 Å². The van der Waals surface area contributed by atoms with Gasteiger partial charge in [0.25, 0.3) is 0 Å². The highest BCUT2D eigenvalue weighted by Crippen LogP contribution is 2.38. The van der Waals surface area contributed by atoms with Gasteiger partial charge in [0.05, 0.1) is 24.9 Å². The summed E-state index contributed by atoms with van der Waals surface area (Å²) in [7, 11) is 3.28. The number of halogens is 1. The third kappa shape index (κ3) is 2.58. The number of anilines is 1. The molecule has 1 aromatic carbocycles. The standard InChI is InChI=1S/C12H17ClN2O2/c1-16-11-8-10(12(17-2)7-9(11)13)15-5-3-14-4-6-15/h7-8,14H,3-6H2,1-2H3. The van der Waals surface area contributed by atoms with Crippen LogP contribution in [-0.4, -0.2) is 40.4 Å². The summed E-state index contributed by atoms with van der Waals surface area (Å²) in [6.07, 6.45) is 0. The predicted octanol–water partition coefficient (Wildman–Crippen LogP) is 1.77. The molecule has 0 spiro atoms. The van der Waals surface area contributed by atoms with Crippen molar-refractivity contribution in [2.75, 3.05) is 45.3 Å². The van der Waals surface area contributed by atoms with Crippen LogP contribution in [0.5, 0.6) is 11.5 Å². The maximum Gasteiger partial charge on any atom is 0.143 e. The van der Waals surface area contributed by atoms with Crippen LogP contribution in [0.25, 0.3) is 0 Å². The lowest BCUT2D eigenvalue weighted by Crippen LogP contribution is -2.43. The SMILES string of the molecule is COc1cc(N2CCNCC2)c(OC)cc1Cl. The average molecular weight is 257 g/mol. The number of ether oxygens (including phenoxy) is 2. The van der Waals surface area contributed by atoms with Crippen molar-refractivity contribution in [2.24, 2.45) is 0 Å². The molecule has 94 valence electrons. The van der Waals surface area contributed by atoms with Gasteiger partial charge in [0.2, 0.25) is 0 Å². The van der Waals surface area contributed by atoms with Gasteiger partial charge in [0.1, 0.15) is 11.5 Å². The number of nitrogens with zero attached hydrogens (tertiary/aromatic N) is 1. The molecule has 0 amide bonds. The molecule has 0 unspecified atom stereocenters. The second-order valence-corrected chi connectivity index (χ2v) is 4.30. The maximum atomic E-state index is 6.08. The molecule has 5 heteroatoms. The van der Waals surface area contributed by atoms with E-state index in [1.807, 2.05) is 6.07 Å². The van der Waals surface area contributed by atoms with Crippen LogP contribution in [0.15, 0.2) is 12.1 Å². The molecule has 0 atom stereocenters. The van der Waals surface area contributed by atoms with Crippen LogP contribution in [0.4, 0.5) is 5.69 Å². The molecular formula is C12H17ClN2O2. The second-order valence-electron chi connectivity index (χ2n) is 3.90. The van der Waals surface area contributed by atoms with Crippen molar-refractivity contribution in [3.63, 3.8) is 0 Å². The van der Waals surface area contributed by atoms with Crippen LogP contribution in [-0.2, 0) is 0 Å². The molecule has 1 N–H and O–H groups in total. The van der Waals surface area contributed by atoms with E-state index in [4.69, 9.17) is 21.1 Å². The fraction of sp³-hybridized carbons (Fsp3) is 0.500. The summed E-state index contributed by atoms with van der Waals surface area (Å²) in [5.74, 6) is 1.47. The third-order valence-corrected chi connectivity index (χ3v) is 3.21. The van der Waals surface area contributed by atoms with Crippen LogP contribution in [0, 0.1) is 0 Å². The Hall–Kier alpha value is -1.13. The second kappa shape index (κ2) is 5.47. The van der Waals surface area contributed by atoms with E-state index in [2.05, 4.69) is 10.2 Å². The molecule has 4 nitrogen and oxygen atoms in total. The summed E-state index contributed by atoms with van der Waals surface area (Å²) in [5, 5.41) is 3.89. The molecule has 17 heavy (non-hydrogen) atoms. The van der Waals surface area contributed by atoms with Gasteiger partial charge < -0.3 is 19.7 Å². The number of piperazine rings is 1. The lowest BCUT2D eigenvalue weighted by atomic mass is 10.2. The zero-order valence-electron chi connectivity index (χ0n) is 10.1. The first kappa shape index (κ1) is 12.3. The average Bonchev–Trinajstić information content (AvgIpc) is 2.39. The minimum atomic E-state index is 0.572. The highest BCUT2D eigenvalue weighted by atomic mass is 35.5. The van der Waals surface area contributed by atoms with E-state index >= 15 is 0 Å². The van der Waals surface area contributed by atoms with Gasteiger partial charge in [-0.3, -0.25) is 0 Å². The molecule has 0 radical (unpaired) electrons. The Labute approximate surface area is 106 Å². The summed E-state index contributed by atoms with van der Waals surface area (Å²) >= 11 is 6.08. The summed E-state index contributed by atoms with van der Waals surface area (Å²) in [6, 6.07) is 3.74. The van der Waals surface area contributed by atoms with Gasteiger partial charge >= 0.3 is 0 Å². The van der Waals surface area contributed by atoms with Gasteiger partial charge in [0, 0.05) is 38.3 Å². The first-order valence-electron chi connectivity index (χ1n) is 5.63. The summed E-state index contributed by atoms with van der Waals surface area (Å²) in [5.41, 5.74) is 1.04. The van der Waals surface area contributed by atoms with Crippen LogP contribution in [0.3, 0.4) is 0 Å². The summed E-state index contributed by atoms with van der Waals surface area (Å²) in [4.78, 5) is 2.27. The van der Waals surface area contributed by atoms with Gasteiger partial charge in [-0.25, -0.2) is 0 Å². The van der Waals surface area contributed by atoms with Crippen molar-refractivity contribution in [1.29, 1.82) is 0 Å². The molecule has 0 saturated carbocycles. The van der Waals surface area contributed by atoms with Crippen molar-refractivity contribution in [3.05, 3.63) is 17.2 Å². The van der Waals surface area contributed by atoms with E-state index in [9.17, 15) is 0 Å². The Morgan fingerprint density at radius 1 is 1.12 bits per heavy atom. The molecule has 1 heterocycles. The van der Waals surface area contributed by atoms with Gasteiger partial charge in [-0.05, 0) is 0 Å². The number of hydrogen-bond donors (Lipinski definition) is 1. The van der Waals surface area contributed by atoms with Crippen molar-refractivity contribution >= 4 is 17.3 Å². The van der Waals surface area contributed by atoms with Crippen LogP contribution >= 0.6 is 11.6 Å². The number of benzene rings is 1. The zero-order valence-corrected chi connectivity index (χ0v) is 10.9. The fourth-order valence-corrected chi connectivity index (χ4v) is 2.23. The van der Waals surface area contributed by atoms with Crippen molar-refractivity contribution in [2.45, 2.75) is 0 Å². The first-order valence-corrected chi connectivity index (χ1v) is 6.01. The summed E-state index contributed by atoms with van der Waals surface area (Å²) in [6.45, 7) is 3.88. The first-order chi connectivity index (χ1) is 8.26. The highest BCUT2D eigenvalue weighted by molar-refractivity contribution is 6.32. The quantitative estimate of drug-likeness (QED) is 0.894. The van der Waals surface area contributed by atoms with E-state index in [0.29, 0.717) is 10.8 Å². The summed E-state index contributed by atoms with van der Waals surface area (Å²) < 4.78 is 10.6. The van der Waals surface area contributed by atoms with Gasteiger partial charge in [0.15, 0.2) is 0 Å². The lowest BCUT2D eigenvalue weighted by Gasteiger charge is -2.31. The molecule has 1 aliphatic heterocycles. The van der Waals surface area contributed by atoms with Crippen LogP contribution < -0.4 is 19.7 Å². The Bertz CT molecular complexity index is 392. The number of nitrogens with one attached hydrogen (secondary N) is 1. The fourth-order valence-electron chi connectivity index (χ4n) is 2.00. The normalized spacial score (nSPS) is 15.8. The van der Waals surface area contributed by atoms with E-state index in [1.165, 1.54) is 0 Å². The third-order valence-electron chi connectivity index (χ3n) is 2.91. The largest absolute Gasteiger partial charge is 0.495 e. The number of methoxy groups -OCH3 is 2. The molecular weight excluding hydrogens is 240 g/mol. The molecule has 1 aromatic rings. The highest BCUT2D eigenvalue weighted by Gasteiger charge is 2.17. The Morgan fingerprint density at radius 2 is 1.76 bits per heavy atom. The van der Waals surface area contributed by atoms with Gasteiger partial charge in [-0.1, -0.05) is 11.6 Å². The monoisotopic (exact) mass is 256 g/mol. The molecule has 1 aliphatic rings. The Kier molecular flexibility index (Phi) is 3.97. The molecule has 0 aromatic heterocycles. The molecule has 1 saturated heterocycles. The Morgan fingerprint density at radius 3 is 2.35 bits per heavy atom. The number of rotatable bonds is 3. The Balaban J connectivity index is 2.35. The lowest BCUT2D eigenvalue weighted by molar-refractivity contribution is 0.402. The predicted molar refractivity (Wildman–Crippen MR) is 69.6 cm³/mol. The smallest absolute Gasteiger partial charge is 0.143 e. The zero-order chi connectivity index (χ0) is 12.3. The van der Waals surface area contributed by atoms with E-state index in [0.717, 1.165) is 37.6 Å². The minimum Gasteiger partial charge on any atom is -0.495 e. The van der Waals surface area contributed by atoms with Crippen molar-refractivity contribution in [3.8, 4) is 11.5 Å². The van der Waals surface area contributed by atoms with E-state index in [-0.39, 0.29) is 0 Å². The van der Waals surface area contributed by atoms with Crippen LogP contribution in [0.1, 0.15) is 0 Å². The molecule has 0 bridgehead atoms. The molecule has 0 aliphatic carbocycles. The van der Waals surface area contributed by atoms with E-state index < -0.39 is 0 Å². The topological polar surface area (TPSA) is 33.7 Å². The maximum absolute atomic E-state index is 6.08. The number of hydrogen-bond acceptors (Lipinski definition) is 4. The molecule has 1 fully saturated rings. The minimum absolute atomic E-state index is 0.572. The van der Waals surface area contributed by atoms with Crippen molar-refractivity contribution in [1.82, 2.24) is 5.32 Å². The van der Waals surface area contributed by atoms with Gasteiger partial charge in [-0.2, -0.15) is 0 Å². The van der Waals surface area contributed by atoms with Crippen LogP contribution in [0.2, 0.25) is 5.02 Å². The van der Waals surface area contributed by atoms with E-state index in [1.54, 1.807) is 20.3 Å². The van der Waals surface area contributed by atoms with Gasteiger partial charge in [-0.15, -0.1) is 0 Å².